The van der Waals surface area contributed by atoms with E-state index < -0.39 is 12.0 Å². The van der Waals surface area contributed by atoms with Crippen LogP contribution in [0.4, 0.5) is 5.69 Å². The van der Waals surface area contributed by atoms with Crippen molar-refractivity contribution < 1.29 is 14.3 Å². The molecule has 150 valence electrons. The lowest BCUT2D eigenvalue weighted by Gasteiger charge is -2.24. The second kappa shape index (κ2) is 8.78. The molecule has 5 heteroatoms. The van der Waals surface area contributed by atoms with E-state index in [2.05, 4.69) is 5.32 Å². The number of carbonyl (C=O) groups excluding carboxylic acids is 2. The second-order valence-corrected chi connectivity index (χ2v) is 7.13. The minimum Gasteiger partial charge on any atom is -0.426 e. The molecule has 0 saturated carbocycles. The summed E-state index contributed by atoms with van der Waals surface area (Å²) in [5.74, 6) is -0.0206. The van der Waals surface area contributed by atoms with Crippen molar-refractivity contribution in [3.8, 4) is 5.75 Å². The highest BCUT2D eigenvalue weighted by atomic mass is 16.5. The zero-order valence-electron chi connectivity index (χ0n) is 17.2. The van der Waals surface area contributed by atoms with Crippen LogP contribution >= 0.6 is 0 Å². The van der Waals surface area contributed by atoms with Crippen LogP contribution in [0.2, 0.25) is 0 Å². The molecule has 1 atom stereocenters. The maximum absolute atomic E-state index is 12.4. The van der Waals surface area contributed by atoms with Crippen LogP contribution in [-0.4, -0.2) is 26.0 Å². The van der Waals surface area contributed by atoms with Gasteiger partial charge in [0, 0.05) is 38.7 Å². The second-order valence-electron chi connectivity index (χ2n) is 7.13. The van der Waals surface area contributed by atoms with Gasteiger partial charge in [0.05, 0.1) is 6.04 Å². The van der Waals surface area contributed by atoms with Crippen molar-refractivity contribution >= 4 is 28.3 Å². The molecule has 0 aliphatic heterocycles. The number of nitrogens with one attached hydrogen (secondary N) is 1. The van der Waals surface area contributed by atoms with Crippen molar-refractivity contribution in [3.63, 3.8) is 0 Å². The Hall–Kier alpha value is -3.34. The van der Waals surface area contributed by atoms with Crippen molar-refractivity contribution in [2.75, 3.05) is 19.0 Å². The molecule has 3 aromatic carbocycles. The number of fused-ring (bicyclic) bond motifs is 1. The number of benzene rings is 3. The molecule has 0 aliphatic rings. The molecular formula is C24H26N2O3. The first-order valence-electron chi connectivity index (χ1n) is 9.67. The quantitative estimate of drug-likeness (QED) is 0.499. The van der Waals surface area contributed by atoms with Crippen molar-refractivity contribution in [3.05, 3.63) is 71.8 Å². The molecule has 0 aromatic heterocycles. The molecule has 3 rings (SSSR count). The topological polar surface area (TPSA) is 58.6 Å². The summed E-state index contributed by atoms with van der Waals surface area (Å²) in [5.41, 5.74) is 2.76. The van der Waals surface area contributed by atoms with Crippen molar-refractivity contribution in [1.82, 2.24) is 5.32 Å². The van der Waals surface area contributed by atoms with Gasteiger partial charge in [-0.25, -0.2) is 0 Å². The highest BCUT2D eigenvalue weighted by Gasteiger charge is 2.23. The Balaban J connectivity index is 2.22. The third kappa shape index (κ3) is 4.57. The van der Waals surface area contributed by atoms with Gasteiger partial charge in [0.25, 0.3) is 0 Å². The lowest BCUT2D eigenvalue weighted by molar-refractivity contribution is -0.131. The fourth-order valence-corrected chi connectivity index (χ4v) is 3.37. The predicted octanol–water partition coefficient (Wildman–Crippen LogP) is 4.45. The number of esters is 1. The largest absolute Gasteiger partial charge is 0.426 e. The van der Waals surface area contributed by atoms with Gasteiger partial charge in [-0.05, 0) is 34.5 Å². The molecular weight excluding hydrogens is 364 g/mol. The molecule has 0 unspecified atom stereocenters. The lowest BCUT2D eigenvalue weighted by atomic mass is 9.92. The van der Waals surface area contributed by atoms with E-state index in [0.717, 1.165) is 27.6 Å². The maximum atomic E-state index is 12.4. The zero-order valence-corrected chi connectivity index (χ0v) is 17.2. The SMILES string of the molecule is CCC(=O)N[C@@H](c1ccc(N(C)C)cc1)c1c(OC(C)=O)ccc2ccccc12. The number of anilines is 1. The summed E-state index contributed by atoms with van der Waals surface area (Å²) in [6, 6.07) is 19.2. The zero-order chi connectivity index (χ0) is 21.0. The number of amides is 1. The highest BCUT2D eigenvalue weighted by molar-refractivity contribution is 5.90. The molecule has 0 saturated heterocycles. The highest BCUT2D eigenvalue weighted by Crippen LogP contribution is 2.37. The Labute approximate surface area is 171 Å². The lowest BCUT2D eigenvalue weighted by Crippen LogP contribution is -2.29. The van der Waals surface area contributed by atoms with Crippen LogP contribution in [0.15, 0.2) is 60.7 Å². The molecule has 3 aromatic rings. The Kier molecular flexibility index (Phi) is 6.17. The normalized spacial score (nSPS) is 11.7. The Morgan fingerprint density at radius 2 is 1.69 bits per heavy atom. The van der Waals surface area contributed by atoms with Crippen molar-refractivity contribution in [1.29, 1.82) is 0 Å². The van der Waals surface area contributed by atoms with Gasteiger partial charge < -0.3 is 15.0 Å². The predicted molar refractivity (Wildman–Crippen MR) is 116 cm³/mol. The molecule has 5 nitrogen and oxygen atoms in total. The number of ether oxygens (including phenoxy) is 1. The molecule has 0 radical (unpaired) electrons. The summed E-state index contributed by atoms with van der Waals surface area (Å²) in [7, 11) is 3.96. The summed E-state index contributed by atoms with van der Waals surface area (Å²) in [5, 5.41) is 5.06. The minimum absolute atomic E-state index is 0.0756. The van der Waals surface area contributed by atoms with Gasteiger partial charge in [-0.3, -0.25) is 9.59 Å². The Morgan fingerprint density at radius 3 is 2.31 bits per heavy atom. The van der Waals surface area contributed by atoms with E-state index >= 15 is 0 Å². The molecule has 0 spiro atoms. The molecule has 1 amide bonds. The summed E-state index contributed by atoms with van der Waals surface area (Å²) in [6.07, 6.45) is 0.361. The van der Waals surface area contributed by atoms with Gasteiger partial charge >= 0.3 is 5.97 Å². The van der Waals surface area contributed by atoms with Crippen LogP contribution < -0.4 is 15.0 Å². The summed E-state index contributed by atoms with van der Waals surface area (Å²) in [4.78, 5) is 26.1. The number of rotatable bonds is 6. The van der Waals surface area contributed by atoms with Crippen molar-refractivity contribution in [2.45, 2.75) is 26.3 Å². The molecule has 0 fully saturated rings. The number of nitrogens with zero attached hydrogens (tertiary/aromatic N) is 1. The number of hydrogen-bond donors (Lipinski definition) is 1. The first-order valence-corrected chi connectivity index (χ1v) is 9.67. The molecule has 0 bridgehead atoms. The van der Waals surface area contributed by atoms with E-state index in [-0.39, 0.29) is 5.91 Å². The van der Waals surface area contributed by atoms with Crippen LogP contribution in [-0.2, 0) is 9.59 Å². The average Bonchev–Trinajstić information content (AvgIpc) is 2.71. The van der Waals surface area contributed by atoms with E-state index in [1.165, 1.54) is 6.92 Å². The van der Waals surface area contributed by atoms with E-state index in [9.17, 15) is 9.59 Å². The smallest absolute Gasteiger partial charge is 0.308 e. The van der Waals surface area contributed by atoms with Crippen LogP contribution in [0.5, 0.6) is 5.75 Å². The van der Waals surface area contributed by atoms with Crippen LogP contribution in [0, 0.1) is 0 Å². The van der Waals surface area contributed by atoms with E-state index in [0.29, 0.717) is 12.2 Å². The summed E-state index contributed by atoms with van der Waals surface area (Å²) < 4.78 is 5.53. The summed E-state index contributed by atoms with van der Waals surface area (Å²) >= 11 is 0. The molecule has 29 heavy (non-hydrogen) atoms. The first-order chi connectivity index (χ1) is 13.9. The van der Waals surface area contributed by atoms with Gasteiger partial charge in [0.15, 0.2) is 0 Å². The first kappa shape index (κ1) is 20.4. The fraction of sp³-hybridized carbons (Fsp3) is 0.250. The van der Waals surface area contributed by atoms with E-state index in [1.807, 2.05) is 80.5 Å². The molecule has 1 N–H and O–H groups in total. The third-order valence-electron chi connectivity index (χ3n) is 4.84. The van der Waals surface area contributed by atoms with Crippen LogP contribution in [0.1, 0.15) is 37.4 Å². The monoisotopic (exact) mass is 390 g/mol. The number of carbonyl (C=O) groups is 2. The van der Waals surface area contributed by atoms with Crippen LogP contribution in [0.3, 0.4) is 0 Å². The molecule has 0 aliphatic carbocycles. The minimum atomic E-state index is -0.445. The van der Waals surface area contributed by atoms with Crippen LogP contribution in [0.25, 0.3) is 10.8 Å². The fourth-order valence-electron chi connectivity index (χ4n) is 3.37. The average molecular weight is 390 g/mol. The standard InChI is InChI=1S/C24H26N2O3/c1-5-22(28)25-24(18-10-13-19(14-11-18)26(3)4)23-20-9-7-6-8-17(20)12-15-21(23)29-16(2)27/h6-15,24H,5H2,1-4H3,(H,25,28)/t24-/m0/s1. The van der Waals surface area contributed by atoms with Crippen molar-refractivity contribution in [2.24, 2.45) is 0 Å². The maximum Gasteiger partial charge on any atom is 0.308 e. The van der Waals surface area contributed by atoms with Gasteiger partial charge in [-0.15, -0.1) is 0 Å². The van der Waals surface area contributed by atoms with Gasteiger partial charge in [0.2, 0.25) is 5.91 Å². The van der Waals surface area contributed by atoms with E-state index in [4.69, 9.17) is 4.74 Å². The Bertz CT molecular complexity index is 1030. The Morgan fingerprint density at radius 1 is 1.00 bits per heavy atom. The van der Waals surface area contributed by atoms with Gasteiger partial charge in [-0.2, -0.15) is 0 Å². The third-order valence-corrected chi connectivity index (χ3v) is 4.84. The molecule has 0 heterocycles. The number of hydrogen-bond acceptors (Lipinski definition) is 4. The van der Waals surface area contributed by atoms with E-state index in [1.54, 1.807) is 6.07 Å². The summed E-state index contributed by atoms with van der Waals surface area (Å²) in [6.45, 7) is 3.20. The van der Waals surface area contributed by atoms with Gasteiger partial charge in [-0.1, -0.05) is 49.4 Å². The van der Waals surface area contributed by atoms with Gasteiger partial charge in [0.1, 0.15) is 5.75 Å².